The number of amides is 1. The third kappa shape index (κ3) is 3.28. The van der Waals surface area contributed by atoms with Gasteiger partial charge in [0.15, 0.2) is 11.5 Å². The maximum absolute atomic E-state index is 13.1. The standard InChI is InChI=1S/C16H16FNO4/c1-20-13-7-10(8-14(21-2)15(13)22-3)16(19)18-12-6-4-5-11(17)9-12/h4-9H,1-3H3,(H,18,19). The van der Waals surface area contributed by atoms with E-state index in [2.05, 4.69) is 5.32 Å². The van der Waals surface area contributed by atoms with Crippen molar-refractivity contribution in [3.63, 3.8) is 0 Å². The van der Waals surface area contributed by atoms with E-state index in [1.807, 2.05) is 0 Å². The zero-order chi connectivity index (χ0) is 16.1. The Bertz CT molecular complexity index is 663. The summed E-state index contributed by atoms with van der Waals surface area (Å²) in [5.41, 5.74) is 0.664. The molecule has 2 aromatic rings. The van der Waals surface area contributed by atoms with Crippen LogP contribution in [0.2, 0.25) is 0 Å². The van der Waals surface area contributed by atoms with Crippen molar-refractivity contribution in [2.45, 2.75) is 0 Å². The van der Waals surface area contributed by atoms with Gasteiger partial charge in [-0.15, -0.1) is 0 Å². The monoisotopic (exact) mass is 305 g/mol. The fourth-order valence-corrected chi connectivity index (χ4v) is 1.98. The van der Waals surface area contributed by atoms with Crippen LogP contribution in [-0.2, 0) is 0 Å². The summed E-state index contributed by atoms with van der Waals surface area (Å²) in [5, 5.41) is 2.61. The predicted molar refractivity (Wildman–Crippen MR) is 80.5 cm³/mol. The van der Waals surface area contributed by atoms with Crippen LogP contribution in [0.25, 0.3) is 0 Å². The van der Waals surface area contributed by atoms with Gasteiger partial charge in [-0.25, -0.2) is 4.39 Å². The Balaban J connectivity index is 2.33. The molecule has 0 saturated heterocycles. The highest BCUT2D eigenvalue weighted by Crippen LogP contribution is 2.38. The highest BCUT2D eigenvalue weighted by molar-refractivity contribution is 6.05. The third-order valence-corrected chi connectivity index (χ3v) is 3.01. The number of nitrogens with one attached hydrogen (secondary N) is 1. The molecule has 6 heteroatoms. The third-order valence-electron chi connectivity index (χ3n) is 3.01. The topological polar surface area (TPSA) is 56.8 Å². The molecule has 1 amide bonds. The highest BCUT2D eigenvalue weighted by Gasteiger charge is 2.17. The van der Waals surface area contributed by atoms with Gasteiger partial charge < -0.3 is 19.5 Å². The van der Waals surface area contributed by atoms with Crippen LogP contribution < -0.4 is 19.5 Å². The SMILES string of the molecule is COc1cc(C(=O)Nc2cccc(F)c2)cc(OC)c1OC. The summed E-state index contributed by atoms with van der Waals surface area (Å²) >= 11 is 0. The lowest BCUT2D eigenvalue weighted by Gasteiger charge is -2.14. The first kappa shape index (κ1) is 15.6. The van der Waals surface area contributed by atoms with E-state index >= 15 is 0 Å². The minimum atomic E-state index is -0.428. The molecule has 1 N–H and O–H groups in total. The van der Waals surface area contributed by atoms with Gasteiger partial charge in [0.05, 0.1) is 21.3 Å². The van der Waals surface area contributed by atoms with Crippen molar-refractivity contribution in [2.75, 3.05) is 26.6 Å². The lowest BCUT2D eigenvalue weighted by atomic mass is 10.1. The largest absolute Gasteiger partial charge is 0.493 e. The Kier molecular flexibility index (Phi) is 4.83. The van der Waals surface area contributed by atoms with E-state index in [1.54, 1.807) is 6.07 Å². The van der Waals surface area contributed by atoms with Crippen LogP contribution in [0.4, 0.5) is 10.1 Å². The molecule has 0 aliphatic rings. The summed E-state index contributed by atoms with van der Waals surface area (Å²) < 4.78 is 28.7. The summed E-state index contributed by atoms with van der Waals surface area (Å²) in [4.78, 5) is 12.3. The lowest BCUT2D eigenvalue weighted by Crippen LogP contribution is -2.12. The van der Waals surface area contributed by atoms with Crippen LogP contribution in [0.5, 0.6) is 17.2 Å². The molecule has 0 spiro atoms. The Labute approximate surface area is 127 Å². The second-order valence-corrected chi connectivity index (χ2v) is 4.38. The normalized spacial score (nSPS) is 10.0. The van der Waals surface area contributed by atoms with Gasteiger partial charge >= 0.3 is 0 Å². The number of benzene rings is 2. The number of ether oxygens (including phenoxy) is 3. The average Bonchev–Trinajstić information content (AvgIpc) is 2.53. The zero-order valence-corrected chi connectivity index (χ0v) is 12.5. The molecule has 0 aliphatic carbocycles. The van der Waals surface area contributed by atoms with Gasteiger partial charge in [-0.3, -0.25) is 4.79 Å². The molecule has 22 heavy (non-hydrogen) atoms. The van der Waals surface area contributed by atoms with Crippen molar-refractivity contribution in [2.24, 2.45) is 0 Å². The summed E-state index contributed by atoms with van der Waals surface area (Å²) in [6.07, 6.45) is 0. The first-order valence-electron chi connectivity index (χ1n) is 6.46. The Morgan fingerprint density at radius 2 is 1.64 bits per heavy atom. The van der Waals surface area contributed by atoms with E-state index in [0.717, 1.165) is 0 Å². The number of carbonyl (C=O) groups is 1. The van der Waals surface area contributed by atoms with Gasteiger partial charge in [0.25, 0.3) is 5.91 Å². The van der Waals surface area contributed by atoms with Crippen molar-refractivity contribution in [1.82, 2.24) is 0 Å². The van der Waals surface area contributed by atoms with Crippen molar-refractivity contribution in [3.8, 4) is 17.2 Å². The quantitative estimate of drug-likeness (QED) is 0.922. The van der Waals surface area contributed by atoms with Gasteiger partial charge in [0.1, 0.15) is 5.82 Å². The average molecular weight is 305 g/mol. The van der Waals surface area contributed by atoms with Crippen LogP contribution in [0.15, 0.2) is 36.4 Å². The van der Waals surface area contributed by atoms with Gasteiger partial charge in [-0.1, -0.05) is 6.07 Å². The molecular weight excluding hydrogens is 289 g/mol. The summed E-state index contributed by atoms with van der Waals surface area (Å²) in [5.74, 6) is 0.289. The molecule has 0 atom stereocenters. The number of rotatable bonds is 5. The van der Waals surface area contributed by atoms with Crippen LogP contribution in [-0.4, -0.2) is 27.2 Å². The number of hydrogen-bond acceptors (Lipinski definition) is 4. The molecular formula is C16H16FNO4. The number of hydrogen-bond donors (Lipinski definition) is 1. The van der Waals surface area contributed by atoms with E-state index in [4.69, 9.17) is 14.2 Å². The molecule has 0 radical (unpaired) electrons. The molecule has 116 valence electrons. The summed E-state index contributed by atoms with van der Waals surface area (Å²) in [7, 11) is 4.41. The van der Waals surface area contributed by atoms with E-state index in [-0.39, 0.29) is 0 Å². The van der Waals surface area contributed by atoms with Crippen molar-refractivity contribution >= 4 is 11.6 Å². The van der Waals surface area contributed by atoms with E-state index in [0.29, 0.717) is 28.5 Å². The number of methoxy groups -OCH3 is 3. The Morgan fingerprint density at radius 1 is 1.00 bits per heavy atom. The van der Waals surface area contributed by atoms with Crippen molar-refractivity contribution in [1.29, 1.82) is 0 Å². The molecule has 0 unspecified atom stereocenters. The zero-order valence-electron chi connectivity index (χ0n) is 12.5. The Morgan fingerprint density at radius 3 is 2.14 bits per heavy atom. The summed E-state index contributed by atoms with van der Waals surface area (Å²) in [6, 6.07) is 8.69. The molecule has 0 bridgehead atoms. The molecule has 0 saturated carbocycles. The van der Waals surface area contributed by atoms with E-state index in [1.165, 1.54) is 51.7 Å². The van der Waals surface area contributed by atoms with Crippen LogP contribution in [0.3, 0.4) is 0 Å². The van der Waals surface area contributed by atoms with Gasteiger partial charge in [-0.05, 0) is 30.3 Å². The van der Waals surface area contributed by atoms with Crippen LogP contribution >= 0.6 is 0 Å². The van der Waals surface area contributed by atoms with Gasteiger partial charge in [0, 0.05) is 11.3 Å². The second kappa shape index (κ2) is 6.80. The first-order chi connectivity index (χ1) is 10.6. The van der Waals surface area contributed by atoms with Gasteiger partial charge in [0.2, 0.25) is 5.75 Å². The molecule has 0 aliphatic heterocycles. The fourth-order valence-electron chi connectivity index (χ4n) is 1.98. The van der Waals surface area contributed by atoms with E-state index in [9.17, 15) is 9.18 Å². The van der Waals surface area contributed by atoms with Gasteiger partial charge in [-0.2, -0.15) is 0 Å². The first-order valence-corrected chi connectivity index (χ1v) is 6.46. The minimum absolute atomic E-state index is 0.304. The van der Waals surface area contributed by atoms with E-state index < -0.39 is 11.7 Å². The lowest BCUT2D eigenvalue weighted by molar-refractivity contribution is 0.102. The second-order valence-electron chi connectivity index (χ2n) is 4.38. The summed E-state index contributed by atoms with van der Waals surface area (Å²) in [6.45, 7) is 0. The molecule has 0 aromatic heterocycles. The number of carbonyl (C=O) groups excluding carboxylic acids is 1. The smallest absolute Gasteiger partial charge is 0.255 e. The highest BCUT2D eigenvalue weighted by atomic mass is 19.1. The Hall–Kier alpha value is -2.76. The predicted octanol–water partition coefficient (Wildman–Crippen LogP) is 3.10. The van der Waals surface area contributed by atoms with Crippen LogP contribution in [0.1, 0.15) is 10.4 Å². The molecule has 2 rings (SSSR count). The maximum atomic E-state index is 13.1. The molecule has 0 fully saturated rings. The maximum Gasteiger partial charge on any atom is 0.255 e. The van der Waals surface area contributed by atoms with Crippen molar-refractivity contribution < 1.29 is 23.4 Å². The molecule has 2 aromatic carbocycles. The molecule has 5 nitrogen and oxygen atoms in total. The fraction of sp³-hybridized carbons (Fsp3) is 0.188. The number of halogens is 1. The van der Waals surface area contributed by atoms with Crippen LogP contribution in [0, 0.1) is 5.82 Å². The minimum Gasteiger partial charge on any atom is -0.493 e. The van der Waals surface area contributed by atoms with Crippen molar-refractivity contribution in [3.05, 3.63) is 47.8 Å². The number of anilines is 1. The molecule has 0 heterocycles.